The van der Waals surface area contributed by atoms with E-state index in [1.807, 2.05) is 0 Å². The van der Waals surface area contributed by atoms with Gasteiger partial charge in [-0.1, -0.05) is 26.8 Å². The number of carbonyl (C=O) groups is 2. The Hall–Kier alpha value is -1.40. The van der Waals surface area contributed by atoms with Crippen molar-refractivity contribution >= 4 is 11.9 Å². The van der Waals surface area contributed by atoms with E-state index in [9.17, 15) is 9.59 Å². The Kier molecular flexibility index (Phi) is 6.36. The summed E-state index contributed by atoms with van der Waals surface area (Å²) in [5.74, 6) is -0.300. The first-order valence-corrected chi connectivity index (χ1v) is 7.31. The van der Waals surface area contributed by atoms with E-state index < -0.39 is 6.03 Å². The van der Waals surface area contributed by atoms with Gasteiger partial charge >= 0.3 is 6.03 Å². The molecule has 0 spiro atoms. The number of hydrogen-bond acceptors (Lipinski definition) is 4. The van der Waals surface area contributed by atoms with Gasteiger partial charge in [-0.25, -0.2) is 4.79 Å². The van der Waals surface area contributed by atoms with E-state index in [4.69, 9.17) is 4.74 Å². The third-order valence-electron chi connectivity index (χ3n) is 3.63. The standard InChI is InChI=1S/C15H27N3O3/c1-6-7-16-14(20)17-13(19)11(2)18-8-9-21-12(10-18)15(3,4)5/h6,11-12H,1,7-10H2,2-5H3,(H2,16,17,19,20)/t11-,12+/m1/s1. The molecule has 1 fully saturated rings. The Labute approximate surface area is 126 Å². The molecule has 120 valence electrons. The number of nitrogens with zero attached hydrogens (tertiary/aromatic N) is 1. The van der Waals surface area contributed by atoms with Gasteiger partial charge in [-0.15, -0.1) is 6.58 Å². The Morgan fingerprint density at radius 3 is 2.71 bits per heavy atom. The molecule has 0 aliphatic carbocycles. The van der Waals surface area contributed by atoms with Crippen molar-refractivity contribution in [2.75, 3.05) is 26.2 Å². The highest BCUT2D eigenvalue weighted by molar-refractivity contribution is 5.96. The molecule has 3 amide bonds. The number of nitrogens with one attached hydrogen (secondary N) is 2. The highest BCUT2D eigenvalue weighted by atomic mass is 16.5. The molecule has 1 saturated heterocycles. The molecule has 0 aromatic heterocycles. The molecular weight excluding hydrogens is 270 g/mol. The molecular formula is C15H27N3O3. The maximum atomic E-state index is 12.1. The normalized spacial score (nSPS) is 21.4. The summed E-state index contributed by atoms with van der Waals surface area (Å²) in [6.07, 6.45) is 1.64. The fourth-order valence-corrected chi connectivity index (χ4v) is 2.14. The molecule has 0 radical (unpaired) electrons. The lowest BCUT2D eigenvalue weighted by Gasteiger charge is -2.41. The monoisotopic (exact) mass is 297 g/mol. The largest absolute Gasteiger partial charge is 0.375 e. The number of morpholine rings is 1. The molecule has 1 aliphatic heterocycles. The van der Waals surface area contributed by atoms with Crippen LogP contribution in [0.5, 0.6) is 0 Å². The van der Waals surface area contributed by atoms with Crippen LogP contribution in [0.15, 0.2) is 12.7 Å². The lowest BCUT2D eigenvalue weighted by atomic mass is 9.88. The van der Waals surface area contributed by atoms with E-state index in [2.05, 4.69) is 42.9 Å². The first-order chi connectivity index (χ1) is 9.75. The predicted molar refractivity (Wildman–Crippen MR) is 82.0 cm³/mol. The Morgan fingerprint density at radius 1 is 1.48 bits per heavy atom. The van der Waals surface area contributed by atoms with Crippen molar-refractivity contribution in [2.45, 2.75) is 39.8 Å². The fraction of sp³-hybridized carbons (Fsp3) is 0.733. The van der Waals surface area contributed by atoms with Crippen molar-refractivity contribution in [3.8, 4) is 0 Å². The van der Waals surface area contributed by atoms with Crippen molar-refractivity contribution in [3.05, 3.63) is 12.7 Å². The molecule has 6 heteroatoms. The molecule has 2 N–H and O–H groups in total. The molecule has 1 rings (SSSR count). The van der Waals surface area contributed by atoms with E-state index in [1.165, 1.54) is 0 Å². The Balaban J connectivity index is 2.53. The van der Waals surface area contributed by atoms with Gasteiger partial charge in [0.2, 0.25) is 5.91 Å². The summed E-state index contributed by atoms with van der Waals surface area (Å²) >= 11 is 0. The van der Waals surface area contributed by atoms with Gasteiger partial charge in [-0.05, 0) is 12.3 Å². The molecule has 0 aromatic rings. The van der Waals surface area contributed by atoms with Crippen LogP contribution in [0.1, 0.15) is 27.7 Å². The van der Waals surface area contributed by atoms with Gasteiger partial charge in [-0.2, -0.15) is 0 Å². The number of ether oxygens (including phenoxy) is 1. The van der Waals surface area contributed by atoms with E-state index in [0.717, 1.165) is 0 Å². The minimum Gasteiger partial charge on any atom is -0.375 e. The van der Waals surface area contributed by atoms with E-state index in [0.29, 0.717) is 26.2 Å². The molecule has 2 atom stereocenters. The zero-order valence-corrected chi connectivity index (χ0v) is 13.4. The molecule has 0 aromatic carbocycles. The lowest BCUT2D eigenvalue weighted by Crippen LogP contribution is -2.56. The van der Waals surface area contributed by atoms with Crippen molar-refractivity contribution in [2.24, 2.45) is 5.41 Å². The predicted octanol–water partition coefficient (Wildman–Crippen LogP) is 1.13. The lowest BCUT2D eigenvalue weighted by molar-refractivity contribution is -0.131. The Morgan fingerprint density at radius 2 is 2.14 bits per heavy atom. The molecule has 0 bridgehead atoms. The molecule has 1 aliphatic rings. The van der Waals surface area contributed by atoms with Crippen molar-refractivity contribution in [1.82, 2.24) is 15.5 Å². The zero-order valence-electron chi connectivity index (χ0n) is 13.4. The average Bonchev–Trinajstić information content (AvgIpc) is 2.43. The molecule has 21 heavy (non-hydrogen) atoms. The number of amides is 3. The Bertz CT molecular complexity index is 390. The highest BCUT2D eigenvalue weighted by Crippen LogP contribution is 2.26. The zero-order chi connectivity index (χ0) is 16.0. The number of carbonyl (C=O) groups excluding carboxylic acids is 2. The van der Waals surface area contributed by atoms with Crippen LogP contribution >= 0.6 is 0 Å². The van der Waals surface area contributed by atoms with Crippen LogP contribution in [0.4, 0.5) is 4.79 Å². The number of rotatable bonds is 4. The summed E-state index contributed by atoms with van der Waals surface area (Å²) in [5.41, 5.74) is 0.0240. The second-order valence-corrected chi connectivity index (χ2v) is 6.38. The SMILES string of the molecule is C=CCNC(=O)NC(=O)[C@@H](C)N1CCO[C@H](C(C)(C)C)C1. The van der Waals surface area contributed by atoms with Crippen LogP contribution in [0.2, 0.25) is 0 Å². The first-order valence-electron chi connectivity index (χ1n) is 7.31. The molecule has 1 heterocycles. The van der Waals surface area contributed by atoms with Crippen LogP contribution in [-0.2, 0) is 9.53 Å². The van der Waals surface area contributed by atoms with Crippen LogP contribution in [0.25, 0.3) is 0 Å². The third-order valence-corrected chi connectivity index (χ3v) is 3.63. The van der Waals surface area contributed by atoms with Gasteiger partial charge in [0, 0.05) is 19.6 Å². The third kappa shape index (κ3) is 5.47. The van der Waals surface area contributed by atoms with Gasteiger partial charge in [-0.3, -0.25) is 15.0 Å². The molecule has 0 unspecified atom stereocenters. The van der Waals surface area contributed by atoms with Crippen LogP contribution in [0, 0.1) is 5.41 Å². The summed E-state index contributed by atoms with van der Waals surface area (Å²) in [7, 11) is 0. The number of imide groups is 1. The maximum Gasteiger partial charge on any atom is 0.321 e. The van der Waals surface area contributed by atoms with E-state index in [1.54, 1.807) is 13.0 Å². The van der Waals surface area contributed by atoms with Gasteiger partial charge in [0.25, 0.3) is 0 Å². The summed E-state index contributed by atoms with van der Waals surface area (Å²) in [6, 6.07) is -0.861. The molecule has 6 nitrogen and oxygen atoms in total. The summed E-state index contributed by atoms with van der Waals surface area (Å²) in [4.78, 5) is 25.6. The summed E-state index contributed by atoms with van der Waals surface area (Å²) < 4.78 is 5.77. The van der Waals surface area contributed by atoms with Gasteiger partial charge in [0.05, 0.1) is 18.8 Å². The summed E-state index contributed by atoms with van der Waals surface area (Å²) in [5, 5.41) is 4.87. The minimum atomic E-state index is -0.493. The second kappa shape index (κ2) is 7.56. The van der Waals surface area contributed by atoms with Crippen LogP contribution in [-0.4, -0.2) is 55.2 Å². The van der Waals surface area contributed by atoms with E-state index in [-0.39, 0.29) is 23.5 Å². The van der Waals surface area contributed by atoms with Gasteiger partial charge in [0.15, 0.2) is 0 Å². The smallest absolute Gasteiger partial charge is 0.321 e. The van der Waals surface area contributed by atoms with Crippen molar-refractivity contribution in [1.29, 1.82) is 0 Å². The fourth-order valence-electron chi connectivity index (χ4n) is 2.14. The van der Waals surface area contributed by atoms with Gasteiger partial charge in [0.1, 0.15) is 0 Å². The van der Waals surface area contributed by atoms with Crippen molar-refractivity contribution < 1.29 is 14.3 Å². The van der Waals surface area contributed by atoms with E-state index >= 15 is 0 Å². The quantitative estimate of drug-likeness (QED) is 0.763. The average molecular weight is 297 g/mol. The van der Waals surface area contributed by atoms with Crippen LogP contribution < -0.4 is 10.6 Å². The number of hydrogen-bond donors (Lipinski definition) is 2. The van der Waals surface area contributed by atoms with Crippen molar-refractivity contribution in [3.63, 3.8) is 0 Å². The van der Waals surface area contributed by atoms with Gasteiger partial charge < -0.3 is 10.1 Å². The second-order valence-electron chi connectivity index (χ2n) is 6.38. The first kappa shape index (κ1) is 17.7. The highest BCUT2D eigenvalue weighted by Gasteiger charge is 2.34. The van der Waals surface area contributed by atoms with Crippen LogP contribution in [0.3, 0.4) is 0 Å². The number of urea groups is 1. The topological polar surface area (TPSA) is 70.7 Å². The minimum absolute atomic E-state index is 0.0240. The summed E-state index contributed by atoms with van der Waals surface area (Å²) in [6.45, 7) is 14.0. The maximum absolute atomic E-state index is 12.1. The molecule has 0 saturated carbocycles.